The van der Waals surface area contributed by atoms with E-state index in [1.165, 1.54) is 12.1 Å². The highest BCUT2D eigenvalue weighted by Crippen LogP contribution is 2.65. The smallest absolute Gasteiger partial charge is 0.235 e. The third-order valence-corrected chi connectivity index (χ3v) is 8.10. The van der Waals surface area contributed by atoms with Crippen molar-refractivity contribution in [2.45, 2.75) is 44.6 Å². The molecule has 2 atom stereocenters. The highest BCUT2D eigenvalue weighted by molar-refractivity contribution is 6.10. The highest BCUT2D eigenvalue weighted by atomic mass is 19.1. The molecule has 6 nitrogen and oxygen atoms in total. The van der Waals surface area contributed by atoms with Crippen molar-refractivity contribution in [3.63, 3.8) is 0 Å². The standard InChI is InChI=1S/C31H34F2N4O2/c1-4-37(5-2)18-23-26(32)13-19(14-27(23)33)7-6-8-20-9-10-21(15-29(20)36-34)25-17-31(25)24-16-22(39-3)11-12-28(24)35-30(31)38/h6-7,9-16,25,36H,4-5,8,17-18,34H2,1-3H3,(H,35,38). The molecule has 2 unspecified atom stereocenters. The molecule has 1 amide bonds. The lowest BCUT2D eigenvalue weighted by atomic mass is 9.91. The summed E-state index contributed by atoms with van der Waals surface area (Å²) < 4.78 is 34.7. The fourth-order valence-corrected chi connectivity index (χ4v) is 5.68. The molecule has 1 spiro atoms. The number of anilines is 2. The van der Waals surface area contributed by atoms with Crippen molar-refractivity contribution >= 4 is 23.4 Å². The van der Waals surface area contributed by atoms with Crippen LogP contribution in [0.5, 0.6) is 5.75 Å². The van der Waals surface area contributed by atoms with Crippen LogP contribution >= 0.6 is 0 Å². The number of ether oxygens (including phenoxy) is 1. The maximum absolute atomic E-state index is 14.7. The van der Waals surface area contributed by atoms with Crippen LogP contribution in [-0.4, -0.2) is 31.0 Å². The van der Waals surface area contributed by atoms with Gasteiger partial charge in [-0.2, -0.15) is 0 Å². The quantitative estimate of drug-likeness (QED) is 0.229. The van der Waals surface area contributed by atoms with Crippen LogP contribution in [0.15, 0.2) is 54.6 Å². The summed E-state index contributed by atoms with van der Waals surface area (Å²) in [6.07, 6.45) is 4.80. The molecule has 0 saturated heterocycles. The Morgan fingerprint density at radius 2 is 1.87 bits per heavy atom. The van der Waals surface area contributed by atoms with Crippen molar-refractivity contribution in [1.29, 1.82) is 0 Å². The van der Waals surface area contributed by atoms with Crippen molar-refractivity contribution in [2.24, 2.45) is 5.84 Å². The van der Waals surface area contributed by atoms with E-state index in [2.05, 4.69) is 10.7 Å². The largest absolute Gasteiger partial charge is 0.497 e. The fraction of sp³-hybridized carbons (Fsp3) is 0.323. The van der Waals surface area contributed by atoms with Gasteiger partial charge in [-0.15, -0.1) is 0 Å². The third kappa shape index (κ3) is 4.90. The summed E-state index contributed by atoms with van der Waals surface area (Å²) in [6, 6.07) is 14.4. The van der Waals surface area contributed by atoms with E-state index in [1.54, 1.807) is 13.2 Å². The number of hydrogen-bond acceptors (Lipinski definition) is 5. The van der Waals surface area contributed by atoms with Crippen molar-refractivity contribution in [3.8, 4) is 5.75 Å². The number of nitrogens with two attached hydrogens (primary N) is 1. The molecule has 1 fully saturated rings. The lowest BCUT2D eigenvalue weighted by molar-refractivity contribution is -0.118. The Kier molecular flexibility index (Phi) is 7.42. The number of amides is 1. The average molecular weight is 533 g/mol. The Morgan fingerprint density at radius 1 is 1.13 bits per heavy atom. The number of methoxy groups -OCH3 is 1. The van der Waals surface area contributed by atoms with Crippen LogP contribution in [0.25, 0.3) is 6.08 Å². The fourth-order valence-electron chi connectivity index (χ4n) is 5.68. The van der Waals surface area contributed by atoms with Gasteiger partial charge in [0.15, 0.2) is 0 Å². The second-order valence-corrected chi connectivity index (χ2v) is 10.2. The highest BCUT2D eigenvalue weighted by Gasteiger charge is 2.65. The Morgan fingerprint density at radius 3 is 2.54 bits per heavy atom. The van der Waals surface area contributed by atoms with Crippen LogP contribution in [0.2, 0.25) is 0 Å². The monoisotopic (exact) mass is 532 g/mol. The maximum Gasteiger partial charge on any atom is 0.235 e. The van der Waals surface area contributed by atoms with Gasteiger partial charge in [-0.3, -0.25) is 15.5 Å². The van der Waals surface area contributed by atoms with Crippen molar-refractivity contribution < 1.29 is 18.3 Å². The number of fused-ring (bicyclic) bond motifs is 2. The lowest BCUT2D eigenvalue weighted by Gasteiger charge is -2.19. The van der Waals surface area contributed by atoms with Crippen LogP contribution < -0.4 is 21.3 Å². The lowest BCUT2D eigenvalue weighted by Crippen LogP contribution is -2.23. The molecule has 204 valence electrons. The minimum atomic E-state index is -0.594. The van der Waals surface area contributed by atoms with Gasteiger partial charge in [0.05, 0.1) is 18.2 Å². The molecule has 0 radical (unpaired) electrons. The first-order valence-corrected chi connectivity index (χ1v) is 13.3. The molecule has 8 heteroatoms. The zero-order chi connectivity index (χ0) is 27.7. The van der Waals surface area contributed by atoms with Gasteiger partial charge in [-0.25, -0.2) is 8.78 Å². The van der Waals surface area contributed by atoms with Gasteiger partial charge in [0.2, 0.25) is 5.91 Å². The van der Waals surface area contributed by atoms with E-state index in [4.69, 9.17) is 10.6 Å². The second kappa shape index (κ2) is 10.8. The summed E-state index contributed by atoms with van der Waals surface area (Å²) in [5.41, 5.74) is 7.23. The number of benzene rings is 3. The van der Waals surface area contributed by atoms with E-state index in [1.807, 2.05) is 61.2 Å². The van der Waals surface area contributed by atoms with Gasteiger partial charge in [-0.1, -0.05) is 38.1 Å². The van der Waals surface area contributed by atoms with E-state index in [0.29, 0.717) is 18.4 Å². The molecule has 39 heavy (non-hydrogen) atoms. The number of nitrogens with one attached hydrogen (secondary N) is 2. The number of allylic oxidation sites excluding steroid dienone is 1. The number of hydrazine groups is 1. The molecule has 1 heterocycles. The van der Waals surface area contributed by atoms with Crippen LogP contribution in [0.3, 0.4) is 0 Å². The van der Waals surface area contributed by atoms with Crippen molar-refractivity contribution in [2.75, 3.05) is 30.9 Å². The molecule has 0 bridgehead atoms. The molecule has 3 aromatic rings. The Hall–Kier alpha value is -3.75. The molecule has 3 aromatic carbocycles. The summed E-state index contributed by atoms with van der Waals surface area (Å²) in [5, 5.41) is 3.01. The first-order valence-electron chi connectivity index (χ1n) is 13.3. The molecule has 1 saturated carbocycles. The third-order valence-electron chi connectivity index (χ3n) is 8.10. The predicted octanol–water partition coefficient (Wildman–Crippen LogP) is 5.73. The average Bonchev–Trinajstić information content (AvgIpc) is 3.63. The summed E-state index contributed by atoms with van der Waals surface area (Å²) in [6.45, 7) is 5.64. The van der Waals surface area contributed by atoms with Crippen LogP contribution in [0.1, 0.15) is 54.0 Å². The molecular weight excluding hydrogens is 498 g/mol. The van der Waals surface area contributed by atoms with Gasteiger partial charge in [0.25, 0.3) is 0 Å². The molecule has 1 aliphatic heterocycles. The van der Waals surface area contributed by atoms with Gasteiger partial charge in [0.1, 0.15) is 17.4 Å². The van der Waals surface area contributed by atoms with E-state index in [-0.39, 0.29) is 23.9 Å². The SMILES string of the molecule is CCN(CC)Cc1c(F)cc(C=CCc2ccc(C3CC34C(=O)Nc3ccc(OC)cc34)cc2NN)cc1F. The number of hydrogen-bond donors (Lipinski definition) is 3. The van der Waals surface area contributed by atoms with Crippen LogP contribution in [0.4, 0.5) is 20.2 Å². The molecule has 1 aliphatic carbocycles. The van der Waals surface area contributed by atoms with Crippen molar-refractivity contribution in [3.05, 3.63) is 94.1 Å². The first-order chi connectivity index (χ1) is 18.8. The number of nitrogens with zero attached hydrogens (tertiary/aromatic N) is 1. The number of nitrogen functional groups attached to an aromatic ring is 1. The van der Waals surface area contributed by atoms with Gasteiger partial charge >= 0.3 is 0 Å². The van der Waals surface area contributed by atoms with Gasteiger partial charge in [-0.05, 0) is 84.6 Å². The number of halogens is 2. The van der Waals surface area contributed by atoms with E-state index in [0.717, 1.165) is 46.9 Å². The summed E-state index contributed by atoms with van der Waals surface area (Å²) >= 11 is 0. The Labute approximate surface area is 227 Å². The zero-order valence-corrected chi connectivity index (χ0v) is 22.5. The minimum Gasteiger partial charge on any atom is -0.497 e. The Balaban J connectivity index is 1.31. The molecule has 4 N–H and O–H groups in total. The molecule has 0 aromatic heterocycles. The zero-order valence-electron chi connectivity index (χ0n) is 22.5. The van der Waals surface area contributed by atoms with E-state index >= 15 is 0 Å². The van der Waals surface area contributed by atoms with Crippen molar-refractivity contribution in [1.82, 2.24) is 4.90 Å². The summed E-state index contributed by atoms with van der Waals surface area (Å²) in [5.74, 6) is 5.54. The number of rotatable bonds is 10. The molecule has 2 aliphatic rings. The first kappa shape index (κ1) is 26.8. The molecular formula is C31H34F2N4O2. The van der Waals surface area contributed by atoms with Crippen LogP contribution in [-0.2, 0) is 23.2 Å². The normalized spacial score (nSPS) is 19.6. The van der Waals surface area contributed by atoms with Gasteiger partial charge < -0.3 is 15.5 Å². The van der Waals surface area contributed by atoms with Gasteiger partial charge in [0, 0.05) is 23.7 Å². The van der Waals surface area contributed by atoms with E-state index in [9.17, 15) is 13.6 Å². The minimum absolute atomic E-state index is 0.00704. The molecule has 5 rings (SSSR count). The summed E-state index contributed by atoms with van der Waals surface area (Å²) in [4.78, 5) is 15.0. The Bertz CT molecular complexity index is 1410. The van der Waals surface area contributed by atoms with E-state index < -0.39 is 17.0 Å². The number of carbonyl (C=O) groups excluding carboxylic acids is 1. The van der Waals surface area contributed by atoms with Crippen LogP contribution in [0, 0.1) is 11.6 Å². The predicted molar refractivity (Wildman–Crippen MR) is 151 cm³/mol. The number of carbonyl (C=O) groups is 1. The summed E-state index contributed by atoms with van der Waals surface area (Å²) in [7, 11) is 1.62. The second-order valence-electron chi connectivity index (χ2n) is 10.2. The maximum atomic E-state index is 14.7. The topological polar surface area (TPSA) is 79.6 Å².